The van der Waals surface area contributed by atoms with E-state index in [0.29, 0.717) is 0 Å². The van der Waals surface area contributed by atoms with E-state index in [1.807, 2.05) is 18.5 Å². The molecule has 5 aromatic carbocycles. The summed E-state index contributed by atoms with van der Waals surface area (Å²) in [5, 5.41) is 2.54. The zero-order chi connectivity index (χ0) is 25.4. The molecule has 1 aromatic heterocycles. The van der Waals surface area contributed by atoms with Crippen molar-refractivity contribution in [3.05, 3.63) is 133 Å². The first-order chi connectivity index (χ1) is 18.6. The summed E-state index contributed by atoms with van der Waals surface area (Å²) in [5.74, 6) is 0. The number of nitrogens with zero attached hydrogens (tertiary/aromatic N) is 2. The standard InChI is InChI=1S/C36H26N2/c1-36(2)30-15-7-6-13-29(30)34-31(36)20-19-28-27-18-17-25(23-10-9-21-37-22-23)26-14-8-16-32(33(26)27)38(35(28)34)24-11-4-3-5-12-24/h3-22H,1-2H3. The predicted molar refractivity (Wildman–Crippen MR) is 158 cm³/mol. The number of aromatic nitrogens is 1. The van der Waals surface area contributed by atoms with Gasteiger partial charge < -0.3 is 4.90 Å². The fourth-order valence-corrected chi connectivity index (χ4v) is 6.76. The number of rotatable bonds is 2. The second-order valence-electron chi connectivity index (χ2n) is 10.8. The Hall–Kier alpha value is -4.69. The molecule has 2 aliphatic rings. The van der Waals surface area contributed by atoms with Crippen molar-refractivity contribution in [1.82, 2.24) is 4.98 Å². The van der Waals surface area contributed by atoms with E-state index in [1.54, 1.807) is 0 Å². The zero-order valence-corrected chi connectivity index (χ0v) is 21.4. The van der Waals surface area contributed by atoms with Crippen LogP contribution in [0.5, 0.6) is 0 Å². The fraction of sp³-hybridized carbons (Fsp3) is 0.0833. The summed E-state index contributed by atoms with van der Waals surface area (Å²) >= 11 is 0. The molecule has 0 N–H and O–H groups in total. The molecule has 0 spiro atoms. The molecule has 0 saturated carbocycles. The molecule has 8 rings (SSSR count). The van der Waals surface area contributed by atoms with Crippen LogP contribution in [-0.2, 0) is 5.41 Å². The summed E-state index contributed by atoms with van der Waals surface area (Å²) in [4.78, 5) is 6.90. The molecule has 0 unspecified atom stereocenters. The lowest BCUT2D eigenvalue weighted by Gasteiger charge is -2.36. The highest BCUT2D eigenvalue weighted by Crippen LogP contribution is 2.60. The van der Waals surface area contributed by atoms with Gasteiger partial charge in [-0.3, -0.25) is 4.98 Å². The molecule has 0 saturated heterocycles. The van der Waals surface area contributed by atoms with Gasteiger partial charge in [-0.25, -0.2) is 0 Å². The monoisotopic (exact) mass is 486 g/mol. The van der Waals surface area contributed by atoms with Crippen LogP contribution in [0.4, 0.5) is 17.1 Å². The molecule has 0 bridgehead atoms. The lowest BCUT2D eigenvalue weighted by molar-refractivity contribution is 0.660. The van der Waals surface area contributed by atoms with Crippen LogP contribution in [0.3, 0.4) is 0 Å². The second-order valence-corrected chi connectivity index (χ2v) is 10.8. The van der Waals surface area contributed by atoms with Crippen molar-refractivity contribution < 1.29 is 0 Å². The van der Waals surface area contributed by atoms with Crippen molar-refractivity contribution in [2.24, 2.45) is 0 Å². The number of hydrogen-bond acceptors (Lipinski definition) is 2. The highest BCUT2D eigenvalue weighted by atomic mass is 15.2. The third-order valence-corrected chi connectivity index (χ3v) is 8.48. The van der Waals surface area contributed by atoms with Gasteiger partial charge in [-0.05, 0) is 57.5 Å². The summed E-state index contributed by atoms with van der Waals surface area (Å²) in [6, 6.07) is 40.0. The maximum Gasteiger partial charge on any atom is 0.0622 e. The molecule has 6 aromatic rings. The molecule has 2 heteroatoms. The van der Waals surface area contributed by atoms with Crippen molar-refractivity contribution in [1.29, 1.82) is 0 Å². The number of pyridine rings is 1. The molecule has 0 radical (unpaired) electrons. The van der Waals surface area contributed by atoms with Crippen molar-refractivity contribution in [2.45, 2.75) is 19.3 Å². The first-order valence-corrected chi connectivity index (χ1v) is 13.2. The van der Waals surface area contributed by atoms with Crippen LogP contribution in [0, 0.1) is 0 Å². The quantitative estimate of drug-likeness (QED) is 0.242. The zero-order valence-electron chi connectivity index (χ0n) is 21.4. The van der Waals surface area contributed by atoms with Crippen LogP contribution in [0.2, 0.25) is 0 Å². The Balaban J connectivity index is 1.53. The first-order valence-electron chi connectivity index (χ1n) is 13.2. The van der Waals surface area contributed by atoms with Gasteiger partial charge in [-0.1, -0.05) is 98.8 Å². The highest BCUT2D eigenvalue weighted by Gasteiger charge is 2.40. The average molecular weight is 487 g/mol. The minimum absolute atomic E-state index is 0.0558. The van der Waals surface area contributed by atoms with Crippen LogP contribution in [0.25, 0.3) is 44.2 Å². The van der Waals surface area contributed by atoms with Gasteiger partial charge in [0, 0.05) is 45.6 Å². The normalized spacial score (nSPS) is 14.2. The van der Waals surface area contributed by atoms with E-state index >= 15 is 0 Å². The minimum Gasteiger partial charge on any atom is -0.309 e. The Bertz CT molecular complexity index is 1880. The molecule has 0 atom stereocenters. The highest BCUT2D eigenvalue weighted by molar-refractivity contribution is 6.19. The Labute approximate surface area is 222 Å². The average Bonchev–Trinajstić information content (AvgIpc) is 3.21. The summed E-state index contributed by atoms with van der Waals surface area (Å²) in [5.41, 5.74) is 14.0. The van der Waals surface area contributed by atoms with E-state index in [0.717, 1.165) is 5.56 Å². The van der Waals surface area contributed by atoms with Crippen molar-refractivity contribution in [2.75, 3.05) is 4.90 Å². The molecule has 2 heterocycles. The van der Waals surface area contributed by atoms with Gasteiger partial charge in [0.2, 0.25) is 0 Å². The van der Waals surface area contributed by atoms with Gasteiger partial charge in [-0.2, -0.15) is 0 Å². The van der Waals surface area contributed by atoms with Gasteiger partial charge >= 0.3 is 0 Å². The number of para-hydroxylation sites is 1. The van der Waals surface area contributed by atoms with E-state index in [1.165, 1.54) is 66.8 Å². The molecule has 0 fully saturated rings. The largest absolute Gasteiger partial charge is 0.309 e. The molecular formula is C36H26N2. The van der Waals surface area contributed by atoms with Crippen LogP contribution >= 0.6 is 0 Å². The molecule has 2 nitrogen and oxygen atoms in total. The number of hydrogen-bond donors (Lipinski definition) is 0. The Kier molecular flexibility index (Phi) is 4.31. The lowest BCUT2D eigenvalue weighted by Crippen LogP contribution is -2.18. The Morgan fingerprint density at radius 2 is 1.39 bits per heavy atom. The van der Waals surface area contributed by atoms with E-state index in [4.69, 9.17) is 0 Å². The Morgan fingerprint density at radius 1 is 0.605 bits per heavy atom. The van der Waals surface area contributed by atoms with Gasteiger partial charge in [0.25, 0.3) is 0 Å². The van der Waals surface area contributed by atoms with Crippen LogP contribution in [0.1, 0.15) is 25.0 Å². The SMILES string of the molecule is CC1(C)c2ccccc2-c2c1ccc1c2N(c2ccccc2)c2cccc3c(-c4cccnc4)ccc-1c23. The van der Waals surface area contributed by atoms with Crippen LogP contribution in [0.15, 0.2) is 122 Å². The van der Waals surface area contributed by atoms with Crippen molar-refractivity contribution in [3.63, 3.8) is 0 Å². The Morgan fingerprint density at radius 3 is 2.24 bits per heavy atom. The van der Waals surface area contributed by atoms with E-state index in [-0.39, 0.29) is 5.41 Å². The molecular weight excluding hydrogens is 460 g/mol. The number of anilines is 3. The predicted octanol–water partition coefficient (Wildman–Crippen LogP) is 9.66. The number of fused-ring (bicyclic) bond motifs is 6. The first kappa shape index (κ1) is 21.4. The number of benzene rings is 5. The maximum absolute atomic E-state index is 4.41. The smallest absolute Gasteiger partial charge is 0.0622 e. The van der Waals surface area contributed by atoms with Gasteiger partial charge in [0.1, 0.15) is 0 Å². The topological polar surface area (TPSA) is 16.1 Å². The van der Waals surface area contributed by atoms with E-state index < -0.39 is 0 Å². The van der Waals surface area contributed by atoms with Crippen molar-refractivity contribution in [3.8, 4) is 33.4 Å². The summed E-state index contributed by atoms with van der Waals surface area (Å²) in [6.45, 7) is 4.71. The third kappa shape index (κ3) is 2.75. The molecule has 38 heavy (non-hydrogen) atoms. The summed E-state index contributed by atoms with van der Waals surface area (Å²) in [7, 11) is 0. The fourth-order valence-electron chi connectivity index (χ4n) is 6.76. The van der Waals surface area contributed by atoms with E-state index in [2.05, 4.69) is 127 Å². The van der Waals surface area contributed by atoms with Gasteiger partial charge in [0.15, 0.2) is 0 Å². The second kappa shape index (κ2) is 7.66. The van der Waals surface area contributed by atoms with Gasteiger partial charge in [-0.15, -0.1) is 0 Å². The lowest BCUT2D eigenvalue weighted by atomic mass is 9.80. The van der Waals surface area contributed by atoms with Crippen molar-refractivity contribution >= 4 is 27.8 Å². The van der Waals surface area contributed by atoms with E-state index in [9.17, 15) is 0 Å². The molecule has 0 amide bonds. The molecule has 1 aliphatic heterocycles. The summed E-state index contributed by atoms with van der Waals surface area (Å²) < 4.78 is 0. The molecule has 1 aliphatic carbocycles. The third-order valence-electron chi connectivity index (χ3n) is 8.48. The maximum atomic E-state index is 4.41. The van der Waals surface area contributed by atoms with Crippen LogP contribution in [-0.4, -0.2) is 4.98 Å². The molecule has 180 valence electrons. The van der Waals surface area contributed by atoms with Gasteiger partial charge in [0.05, 0.1) is 11.4 Å². The minimum atomic E-state index is -0.0558. The van der Waals surface area contributed by atoms with Crippen LogP contribution < -0.4 is 4.90 Å². The summed E-state index contributed by atoms with van der Waals surface area (Å²) in [6.07, 6.45) is 3.80.